The average molecular weight is 399 g/mol. The van der Waals surface area contributed by atoms with E-state index in [4.69, 9.17) is 0 Å². The van der Waals surface area contributed by atoms with Gasteiger partial charge in [0.2, 0.25) is 0 Å². The van der Waals surface area contributed by atoms with E-state index in [-0.39, 0.29) is 18.3 Å². The highest BCUT2D eigenvalue weighted by molar-refractivity contribution is 5.93. The zero-order valence-electron chi connectivity index (χ0n) is 16.7. The highest BCUT2D eigenvalue weighted by Gasteiger charge is 2.20. The summed E-state index contributed by atoms with van der Waals surface area (Å²) in [6.07, 6.45) is 8.03. The first-order chi connectivity index (χ1) is 13.2. The minimum Gasteiger partial charge on any atom is -0.342 e. The van der Waals surface area contributed by atoms with Crippen LogP contribution in [0.3, 0.4) is 0 Å². The molecule has 0 aliphatic carbocycles. The summed E-state index contributed by atoms with van der Waals surface area (Å²) in [6, 6.07) is 20.0. The number of amides is 1. The van der Waals surface area contributed by atoms with Gasteiger partial charge in [0.05, 0.1) is 0 Å². The van der Waals surface area contributed by atoms with Crippen LogP contribution in [0.15, 0.2) is 66.7 Å². The largest absolute Gasteiger partial charge is 0.342 e. The highest BCUT2D eigenvalue weighted by Crippen LogP contribution is 2.21. The normalized spacial score (nSPS) is 15.3. The zero-order chi connectivity index (χ0) is 18.9. The Hall–Kier alpha value is -2.10. The molecule has 2 aromatic carbocycles. The smallest absolute Gasteiger partial charge is 0.253 e. The van der Waals surface area contributed by atoms with Gasteiger partial charge in [0.25, 0.3) is 5.91 Å². The standard InChI is InChI=1S/C24H30N2O.ClH/c1-25(24(27)23-12-6-3-7-13-23)18-14-22-15-19-26(20-16-22)17-8-11-21-9-4-2-5-10-21;/h2-13,22H,14-20H2,1H3;1H/b11-8+;. The molecule has 0 radical (unpaired) electrons. The minimum absolute atomic E-state index is 0. The van der Waals surface area contributed by atoms with Crippen molar-refractivity contribution in [3.05, 3.63) is 77.9 Å². The van der Waals surface area contributed by atoms with Gasteiger partial charge in [-0.25, -0.2) is 0 Å². The third-order valence-corrected chi connectivity index (χ3v) is 5.42. The average Bonchev–Trinajstić information content (AvgIpc) is 2.74. The summed E-state index contributed by atoms with van der Waals surface area (Å²) in [5.41, 5.74) is 2.04. The summed E-state index contributed by atoms with van der Waals surface area (Å²) in [7, 11) is 1.92. The predicted molar refractivity (Wildman–Crippen MR) is 120 cm³/mol. The number of hydrogen-bond donors (Lipinski definition) is 0. The van der Waals surface area contributed by atoms with E-state index in [1.165, 1.54) is 18.4 Å². The van der Waals surface area contributed by atoms with Gasteiger partial charge in [0.1, 0.15) is 0 Å². The predicted octanol–water partition coefficient (Wildman–Crippen LogP) is 5.00. The molecule has 0 unspecified atom stereocenters. The molecule has 0 N–H and O–H groups in total. The van der Waals surface area contributed by atoms with Crippen molar-refractivity contribution in [2.45, 2.75) is 19.3 Å². The van der Waals surface area contributed by atoms with Crippen LogP contribution in [0.25, 0.3) is 6.08 Å². The Labute approximate surface area is 175 Å². The van der Waals surface area contributed by atoms with Crippen LogP contribution in [-0.4, -0.2) is 48.9 Å². The molecule has 1 aliphatic heterocycles. The first-order valence-corrected chi connectivity index (χ1v) is 9.97. The molecular formula is C24H31ClN2O. The van der Waals surface area contributed by atoms with Crippen LogP contribution in [0.4, 0.5) is 0 Å². The zero-order valence-corrected chi connectivity index (χ0v) is 17.5. The monoisotopic (exact) mass is 398 g/mol. The lowest BCUT2D eigenvalue weighted by Gasteiger charge is -2.32. The molecule has 4 heteroatoms. The minimum atomic E-state index is 0. The van der Waals surface area contributed by atoms with Crippen molar-refractivity contribution in [2.75, 3.05) is 33.2 Å². The summed E-state index contributed by atoms with van der Waals surface area (Å²) >= 11 is 0. The second-order valence-electron chi connectivity index (χ2n) is 7.44. The lowest BCUT2D eigenvalue weighted by molar-refractivity contribution is 0.0779. The van der Waals surface area contributed by atoms with Gasteiger partial charge in [-0.05, 0) is 56.0 Å². The van der Waals surface area contributed by atoms with Gasteiger partial charge >= 0.3 is 0 Å². The number of rotatable bonds is 7. The molecule has 1 amide bonds. The molecule has 1 aliphatic rings. The van der Waals surface area contributed by atoms with Crippen molar-refractivity contribution in [3.8, 4) is 0 Å². The number of likely N-dealkylation sites (tertiary alicyclic amines) is 1. The Morgan fingerprint density at radius 3 is 2.29 bits per heavy atom. The number of nitrogens with zero attached hydrogens (tertiary/aromatic N) is 2. The molecule has 0 spiro atoms. The maximum absolute atomic E-state index is 12.4. The Balaban J connectivity index is 0.00000280. The van der Waals surface area contributed by atoms with Crippen molar-refractivity contribution in [3.63, 3.8) is 0 Å². The Kier molecular flexibility index (Phi) is 9.26. The lowest BCUT2D eigenvalue weighted by atomic mass is 9.93. The third-order valence-electron chi connectivity index (χ3n) is 5.42. The first kappa shape index (κ1) is 22.2. The highest BCUT2D eigenvalue weighted by atomic mass is 35.5. The van der Waals surface area contributed by atoms with Gasteiger partial charge in [-0.2, -0.15) is 0 Å². The van der Waals surface area contributed by atoms with Gasteiger partial charge in [0.15, 0.2) is 0 Å². The molecule has 3 nitrogen and oxygen atoms in total. The van der Waals surface area contributed by atoms with E-state index in [1.54, 1.807) is 0 Å². The number of carbonyl (C=O) groups excluding carboxylic acids is 1. The van der Waals surface area contributed by atoms with E-state index in [0.717, 1.165) is 44.1 Å². The molecule has 3 rings (SSSR count). The Morgan fingerprint density at radius 1 is 1.04 bits per heavy atom. The number of halogens is 1. The molecule has 0 aromatic heterocycles. The van der Waals surface area contributed by atoms with Gasteiger partial charge in [-0.3, -0.25) is 9.69 Å². The summed E-state index contributed by atoms with van der Waals surface area (Å²) < 4.78 is 0. The van der Waals surface area contributed by atoms with E-state index in [0.29, 0.717) is 0 Å². The fourth-order valence-corrected chi connectivity index (χ4v) is 3.64. The fourth-order valence-electron chi connectivity index (χ4n) is 3.64. The number of carbonyl (C=O) groups is 1. The van der Waals surface area contributed by atoms with E-state index >= 15 is 0 Å². The maximum Gasteiger partial charge on any atom is 0.253 e. The third kappa shape index (κ3) is 6.81. The lowest BCUT2D eigenvalue weighted by Crippen LogP contribution is -2.35. The summed E-state index contributed by atoms with van der Waals surface area (Å²) in [6.45, 7) is 4.17. The van der Waals surface area contributed by atoms with Crippen molar-refractivity contribution < 1.29 is 4.79 Å². The quantitative estimate of drug-likeness (QED) is 0.655. The number of piperidine rings is 1. The topological polar surface area (TPSA) is 23.6 Å². The Morgan fingerprint density at radius 2 is 1.64 bits per heavy atom. The number of benzene rings is 2. The van der Waals surface area contributed by atoms with E-state index in [1.807, 2.05) is 48.3 Å². The van der Waals surface area contributed by atoms with Crippen LogP contribution < -0.4 is 0 Å². The molecule has 0 bridgehead atoms. The molecule has 1 fully saturated rings. The van der Waals surface area contributed by atoms with Gasteiger partial charge in [0, 0.05) is 25.7 Å². The molecule has 1 saturated heterocycles. The van der Waals surface area contributed by atoms with E-state index in [9.17, 15) is 4.79 Å². The van der Waals surface area contributed by atoms with E-state index < -0.39 is 0 Å². The summed E-state index contributed by atoms with van der Waals surface area (Å²) in [5, 5.41) is 0. The molecular weight excluding hydrogens is 368 g/mol. The van der Waals surface area contributed by atoms with E-state index in [2.05, 4.69) is 41.3 Å². The van der Waals surface area contributed by atoms with Crippen LogP contribution in [0.5, 0.6) is 0 Å². The number of hydrogen-bond acceptors (Lipinski definition) is 2. The van der Waals surface area contributed by atoms with Crippen molar-refractivity contribution >= 4 is 24.4 Å². The second kappa shape index (κ2) is 11.7. The van der Waals surface area contributed by atoms with Gasteiger partial charge < -0.3 is 4.90 Å². The SMILES string of the molecule is CN(CCC1CCN(C/C=C/c2ccccc2)CC1)C(=O)c1ccccc1.Cl. The van der Waals surface area contributed by atoms with Crippen LogP contribution in [-0.2, 0) is 0 Å². The molecule has 150 valence electrons. The molecule has 0 atom stereocenters. The van der Waals surface area contributed by atoms with Crippen LogP contribution in [0.2, 0.25) is 0 Å². The molecule has 1 heterocycles. The van der Waals surface area contributed by atoms with Crippen LogP contribution in [0.1, 0.15) is 35.2 Å². The van der Waals surface area contributed by atoms with Crippen molar-refractivity contribution in [1.82, 2.24) is 9.80 Å². The Bertz CT molecular complexity index is 725. The van der Waals surface area contributed by atoms with Gasteiger partial charge in [-0.15, -0.1) is 12.4 Å². The fraction of sp³-hybridized carbons (Fsp3) is 0.375. The van der Waals surface area contributed by atoms with Crippen molar-refractivity contribution in [2.24, 2.45) is 5.92 Å². The first-order valence-electron chi connectivity index (χ1n) is 9.97. The molecule has 0 saturated carbocycles. The van der Waals surface area contributed by atoms with Crippen LogP contribution >= 0.6 is 12.4 Å². The summed E-state index contributed by atoms with van der Waals surface area (Å²) in [4.78, 5) is 16.8. The molecule has 2 aromatic rings. The summed E-state index contributed by atoms with van der Waals surface area (Å²) in [5.74, 6) is 0.851. The molecule has 28 heavy (non-hydrogen) atoms. The van der Waals surface area contributed by atoms with Crippen LogP contribution in [0, 0.1) is 5.92 Å². The second-order valence-corrected chi connectivity index (χ2v) is 7.44. The van der Waals surface area contributed by atoms with Crippen molar-refractivity contribution in [1.29, 1.82) is 0 Å². The van der Waals surface area contributed by atoms with Gasteiger partial charge in [-0.1, -0.05) is 60.7 Å². The maximum atomic E-state index is 12.4.